The second-order valence-electron chi connectivity index (χ2n) is 9.02. The molecule has 0 bridgehead atoms. The van der Waals surface area contributed by atoms with E-state index < -0.39 is 26.9 Å². The Morgan fingerprint density at radius 2 is 1.85 bits per heavy atom. The standard InChI is InChI=1S/C21H31N5O5S3/c1-7-26(8-2)34(29,30)20-17(27)15(12-32-20)23-19-18(24-33(28)25-19)22-14(11-21(4,5)6)16-10-9-13(3)31-16/h9-10,12,14,27H,7-8,11H2,1-6H3,(H,22,24)(H,23,25). The molecular formula is C21H31N5O5S3. The van der Waals surface area contributed by atoms with Crippen LogP contribution in [0.1, 0.15) is 58.6 Å². The third-order valence-electron chi connectivity index (χ3n) is 5.06. The molecule has 34 heavy (non-hydrogen) atoms. The fraction of sp³-hybridized carbons (Fsp3) is 0.524. The van der Waals surface area contributed by atoms with E-state index in [1.807, 2.05) is 19.1 Å². The van der Waals surface area contributed by atoms with Crippen molar-refractivity contribution in [2.45, 2.75) is 58.2 Å². The molecule has 0 spiro atoms. The summed E-state index contributed by atoms with van der Waals surface area (Å²) in [5, 5.41) is 18.3. The lowest BCUT2D eigenvalue weighted by Gasteiger charge is -2.26. The number of thiophene rings is 1. The minimum absolute atomic E-state index is 0.0548. The smallest absolute Gasteiger partial charge is 0.269 e. The van der Waals surface area contributed by atoms with Crippen LogP contribution < -0.4 is 10.6 Å². The van der Waals surface area contributed by atoms with Gasteiger partial charge in [-0.15, -0.1) is 20.1 Å². The summed E-state index contributed by atoms with van der Waals surface area (Å²) in [6.45, 7) is 12.2. The Balaban J connectivity index is 1.86. The van der Waals surface area contributed by atoms with Gasteiger partial charge in [0.2, 0.25) is 0 Å². The van der Waals surface area contributed by atoms with Gasteiger partial charge in [-0.05, 0) is 30.9 Å². The zero-order chi connectivity index (χ0) is 25.3. The Kier molecular flexibility index (Phi) is 7.90. The Morgan fingerprint density at radius 3 is 2.41 bits per heavy atom. The highest BCUT2D eigenvalue weighted by Crippen LogP contribution is 2.39. The van der Waals surface area contributed by atoms with Crippen LogP contribution in [-0.4, -0.2) is 46.8 Å². The number of amidine groups is 2. The number of aromatic hydroxyl groups is 1. The predicted octanol–water partition coefficient (Wildman–Crippen LogP) is 3.95. The Bertz CT molecular complexity index is 1220. The molecule has 188 valence electrons. The van der Waals surface area contributed by atoms with Crippen LogP contribution >= 0.6 is 11.3 Å². The Hall–Kier alpha value is -2.22. The monoisotopic (exact) mass is 529 g/mol. The van der Waals surface area contributed by atoms with Crippen LogP contribution in [0.3, 0.4) is 0 Å². The van der Waals surface area contributed by atoms with Gasteiger partial charge in [0.1, 0.15) is 11.5 Å². The summed E-state index contributed by atoms with van der Waals surface area (Å²) < 4.78 is 52.8. The number of aryl methyl sites for hydroxylation is 1. The molecule has 10 nitrogen and oxygen atoms in total. The molecule has 1 aliphatic rings. The van der Waals surface area contributed by atoms with Gasteiger partial charge in [-0.1, -0.05) is 34.6 Å². The molecule has 0 saturated carbocycles. The number of anilines is 1. The van der Waals surface area contributed by atoms with E-state index in [-0.39, 0.29) is 46.1 Å². The highest BCUT2D eigenvalue weighted by atomic mass is 32.2. The third kappa shape index (κ3) is 5.88. The summed E-state index contributed by atoms with van der Waals surface area (Å²) in [5.41, 5.74) is 0.0878. The van der Waals surface area contributed by atoms with Gasteiger partial charge in [0.25, 0.3) is 21.2 Å². The van der Waals surface area contributed by atoms with Crippen LogP contribution in [-0.2, 0) is 21.2 Å². The van der Waals surface area contributed by atoms with E-state index in [1.54, 1.807) is 13.8 Å². The minimum atomic E-state index is -3.84. The average Bonchev–Trinajstić information content (AvgIpc) is 3.41. The largest absolute Gasteiger partial charge is 0.504 e. The van der Waals surface area contributed by atoms with E-state index in [0.29, 0.717) is 12.2 Å². The number of hydrogen-bond donors (Lipinski definition) is 3. The van der Waals surface area contributed by atoms with Crippen molar-refractivity contribution < 1.29 is 22.2 Å². The molecule has 0 fully saturated rings. The van der Waals surface area contributed by atoms with Crippen molar-refractivity contribution >= 4 is 49.9 Å². The first-order chi connectivity index (χ1) is 15.9. The maximum absolute atomic E-state index is 12.8. The summed E-state index contributed by atoms with van der Waals surface area (Å²) in [6, 6.07) is 3.48. The van der Waals surface area contributed by atoms with Gasteiger partial charge in [0.05, 0.1) is 11.7 Å². The molecule has 2 aromatic heterocycles. The number of sulfonamides is 1. The van der Waals surface area contributed by atoms with Crippen LogP contribution in [0.2, 0.25) is 0 Å². The molecule has 3 N–H and O–H groups in total. The van der Waals surface area contributed by atoms with Gasteiger partial charge >= 0.3 is 0 Å². The topological polar surface area (TPSA) is 137 Å². The highest BCUT2D eigenvalue weighted by Gasteiger charge is 2.31. The zero-order valence-corrected chi connectivity index (χ0v) is 22.5. The molecule has 2 aromatic rings. The van der Waals surface area contributed by atoms with Gasteiger partial charge in [-0.2, -0.15) is 4.31 Å². The van der Waals surface area contributed by atoms with Gasteiger partial charge in [0.15, 0.2) is 21.6 Å². The van der Waals surface area contributed by atoms with Crippen molar-refractivity contribution in [1.82, 2.24) is 9.62 Å². The molecule has 0 amide bonds. The molecule has 0 aromatic carbocycles. The first-order valence-corrected chi connectivity index (χ1v) is 14.2. The molecule has 2 unspecified atom stereocenters. The molecule has 0 radical (unpaired) electrons. The van der Waals surface area contributed by atoms with E-state index in [9.17, 15) is 17.7 Å². The molecule has 3 rings (SSSR count). The maximum Gasteiger partial charge on any atom is 0.269 e. The van der Waals surface area contributed by atoms with Crippen molar-refractivity contribution in [2.24, 2.45) is 14.2 Å². The first-order valence-electron chi connectivity index (χ1n) is 10.9. The van der Waals surface area contributed by atoms with Gasteiger partial charge < -0.3 is 20.2 Å². The number of hydrogen-bond acceptors (Lipinski definition) is 8. The van der Waals surface area contributed by atoms with Crippen molar-refractivity contribution in [3.05, 3.63) is 29.0 Å². The normalized spacial score (nSPS) is 17.6. The lowest BCUT2D eigenvalue weighted by molar-refractivity contribution is 0.300. The van der Waals surface area contributed by atoms with Crippen LogP contribution in [0.25, 0.3) is 0 Å². The molecule has 2 atom stereocenters. The van der Waals surface area contributed by atoms with Crippen LogP contribution in [0.4, 0.5) is 5.69 Å². The Morgan fingerprint density at radius 1 is 1.21 bits per heavy atom. The number of furan rings is 1. The van der Waals surface area contributed by atoms with E-state index in [4.69, 9.17) is 4.42 Å². The lowest BCUT2D eigenvalue weighted by Crippen LogP contribution is -2.37. The molecule has 1 aliphatic heterocycles. The van der Waals surface area contributed by atoms with Gasteiger partial charge in [-0.3, -0.25) is 0 Å². The highest BCUT2D eigenvalue weighted by molar-refractivity contribution is 7.91. The lowest BCUT2D eigenvalue weighted by atomic mass is 9.87. The van der Waals surface area contributed by atoms with Crippen molar-refractivity contribution in [1.29, 1.82) is 0 Å². The third-order valence-corrected chi connectivity index (χ3v) is 9.28. The SMILES string of the molecule is CCN(CC)S(=O)(=O)c1scc(NC2=NS(=O)N=C2NC(CC(C)(C)C)c2ccc(C)o2)c1O. The van der Waals surface area contributed by atoms with E-state index in [0.717, 1.165) is 17.1 Å². The number of rotatable bonds is 8. The summed E-state index contributed by atoms with van der Waals surface area (Å²) in [6.07, 6.45) is 0.689. The van der Waals surface area contributed by atoms with Gasteiger partial charge in [-0.25, -0.2) is 12.6 Å². The van der Waals surface area contributed by atoms with Crippen molar-refractivity contribution in [3.8, 4) is 5.75 Å². The number of nitrogens with one attached hydrogen (secondary N) is 2. The summed E-state index contributed by atoms with van der Waals surface area (Å²) in [7, 11) is -3.84. The summed E-state index contributed by atoms with van der Waals surface area (Å²) in [4.78, 5) is 0. The maximum atomic E-state index is 12.8. The molecule has 0 saturated heterocycles. The average molecular weight is 530 g/mol. The first kappa shape index (κ1) is 26.4. The summed E-state index contributed by atoms with van der Waals surface area (Å²) >= 11 is -0.958. The van der Waals surface area contributed by atoms with Crippen LogP contribution in [0.15, 0.2) is 34.9 Å². The second kappa shape index (κ2) is 10.2. The minimum Gasteiger partial charge on any atom is -0.504 e. The predicted molar refractivity (Wildman–Crippen MR) is 136 cm³/mol. The fourth-order valence-electron chi connectivity index (χ4n) is 3.49. The van der Waals surface area contributed by atoms with E-state index in [1.165, 1.54) is 9.69 Å². The quantitative estimate of drug-likeness (QED) is 0.471. The fourth-order valence-corrected chi connectivity index (χ4v) is 6.95. The zero-order valence-electron chi connectivity index (χ0n) is 20.1. The van der Waals surface area contributed by atoms with Crippen LogP contribution in [0.5, 0.6) is 5.75 Å². The number of nitrogens with zero attached hydrogens (tertiary/aromatic N) is 3. The van der Waals surface area contributed by atoms with Gasteiger partial charge in [0, 0.05) is 18.5 Å². The van der Waals surface area contributed by atoms with Crippen LogP contribution in [0, 0.1) is 12.3 Å². The van der Waals surface area contributed by atoms with Crippen molar-refractivity contribution in [3.63, 3.8) is 0 Å². The van der Waals surface area contributed by atoms with Crippen molar-refractivity contribution in [2.75, 3.05) is 18.4 Å². The molecule has 13 heteroatoms. The Labute approximate surface area is 207 Å². The molecule has 0 aliphatic carbocycles. The second-order valence-corrected chi connectivity index (χ2v) is 12.9. The van der Waals surface area contributed by atoms with E-state index in [2.05, 4.69) is 40.2 Å². The summed E-state index contributed by atoms with van der Waals surface area (Å²) in [5.74, 6) is 1.44. The molecular weight excluding hydrogens is 498 g/mol. The molecule has 3 heterocycles. The van der Waals surface area contributed by atoms with E-state index >= 15 is 0 Å².